The molecule has 0 fully saturated rings. The molecule has 0 aromatic carbocycles. The summed E-state index contributed by atoms with van der Waals surface area (Å²) >= 11 is 0. The molecule has 0 aliphatic rings. The van der Waals surface area contributed by atoms with Crippen molar-refractivity contribution in [2.75, 3.05) is 6.61 Å². The summed E-state index contributed by atoms with van der Waals surface area (Å²) in [6, 6.07) is 1.93. The van der Waals surface area contributed by atoms with Crippen molar-refractivity contribution in [3.05, 3.63) is 35.7 Å². The lowest BCUT2D eigenvalue weighted by Crippen LogP contribution is -2.01. The lowest BCUT2D eigenvalue weighted by atomic mass is 10.1. The summed E-state index contributed by atoms with van der Waals surface area (Å²) in [6.07, 6.45) is 7.51. The third-order valence-corrected chi connectivity index (χ3v) is 1.97. The Labute approximate surface area is 89.8 Å². The molecule has 0 spiro atoms. The second-order valence-electron chi connectivity index (χ2n) is 3.14. The first kappa shape index (κ1) is 11.4. The Kier molecular flexibility index (Phi) is 4.54. The molecule has 1 heterocycles. The molecule has 3 heteroatoms. The molecule has 0 unspecified atom stereocenters. The lowest BCUT2D eigenvalue weighted by Gasteiger charge is -1.98. The van der Waals surface area contributed by atoms with Crippen LogP contribution < -0.4 is 0 Å². The number of nitrogens with zero attached hydrogens (tertiary/aromatic N) is 1. The number of carbonyl (C=O) groups excluding carboxylic acids is 1. The quantitative estimate of drug-likeness (QED) is 0.708. The van der Waals surface area contributed by atoms with Crippen molar-refractivity contribution >= 4 is 12.0 Å². The Morgan fingerprint density at radius 1 is 1.60 bits per heavy atom. The predicted octanol–water partition coefficient (Wildman–Crippen LogP) is 2.36. The zero-order chi connectivity index (χ0) is 11.1. The standard InChI is InChI=1S/C12H15NO2/c1-3-15-12(14)6-4-5-11-9-13-8-7-10(11)2/h4-5,7-9H,3,6H2,1-2H3. The van der Waals surface area contributed by atoms with Crippen molar-refractivity contribution in [1.82, 2.24) is 4.98 Å². The smallest absolute Gasteiger partial charge is 0.309 e. The first-order valence-corrected chi connectivity index (χ1v) is 4.96. The fourth-order valence-corrected chi connectivity index (χ4v) is 1.15. The van der Waals surface area contributed by atoms with Gasteiger partial charge in [0.05, 0.1) is 13.0 Å². The van der Waals surface area contributed by atoms with Crippen LogP contribution in [-0.4, -0.2) is 17.6 Å². The summed E-state index contributed by atoms with van der Waals surface area (Å²) < 4.78 is 4.80. The molecule has 3 nitrogen and oxygen atoms in total. The first-order valence-electron chi connectivity index (χ1n) is 4.96. The molecule has 0 saturated heterocycles. The van der Waals surface area contributed by atoms with Crippen LogP contribution >= 0.6 is 0 Å². The van der Waals surface area contributed by atoms with E-state index in [4.69, 9.17) is 4.74 Å². The number of esters is 1. The Balaban J connectivity index is 2.52. The highest BCUT2D eigenvalue weighted by Crippen LogP contribution is 2.07. The van der Waals surface area contributed by atoms with Gasteiger partial charge in [0.2, 0.25) is 0 Å². The van der Waals surface area contributed by atoms with E-state index in [2.05, 4.69) is 4.98 Å². The van der Waals surface area contributed by atoms with E-state index in [0.29, 0.717) is 13.0 Å². The van der Waals surface area contributed by atoms with Crippen molar-refractivity contribution in [2.24, 2.45) is 0 Å². The summed E-state index contributed by atoms with van der Waals surface area (Å²) in [7, 11) is 0. The molecule has 0 saturated carbocycles. The highest BCUT2D eigenvalue weighted by molar-refractivity contribution is 5.72. The highest BCUT2D eigenvalue weighted by atomic mass is 16.5. The number of carbonyl (C=O) groups is 1. The molecule has 0 radical (unpaired) electrons. The SMILES string of the molecule is CCOC(=O)CC=Cc1cnccc1C. The molecular weight excluding hydrogens is 190 g/mol. The molecule has 0 N–H and O–H groups in total. The maximum Gasteiger partial charge on any atom is 0.309 e. The third-order valence-electron chi connectivity index (χ3n) is 1.97. The van der Waals surface area contributed by atoms with E-state index < -0.39 is 0 Å². The number of ether oxygens (including phenoxy) is 1. The number of rotatable bonds is 4. The van der Waals surface area contributed by atoms with Gasteiger partial charge in [0.1, 0.15) is 0 Å². The molecule has 15 heavy (non-hydrogen) atoms. The van der Waals surface area contributed by atoms with Crippen LogP contribution in [0.4, 0.5) is 0 Å². The van der Waals surface area contributed by atoms with E-state index in [-0.39, 0.29) is 5.97 Å². The summed E-state index contributed by atoms with van der Waals surface area (Å²) in [4.78, 5) is 15.0. The number of aryl methyl sites for hydroxylation is 1. The third kappa shape index (κ3) is 3.94. The van der Waals surface area contributed by atoms with Gasteiger partial charge < -0.3 is 4.74 Å². The fourth-order valence-electron chi connectivity index (χ4n) is 1.15. The number of hydrogen-bond acceptors (Lipinski definition) is 3. The van der Waals surface area contributed by atoms with Crippen molar-refractivity contribution in [3.63, 3.8) is 0 Å². The van der Waals surface area contributed by atoms with Gasteiger partial charge >= 0.3 is 5.97 Å². The zero-order valence-electron chi connectivity index (χ0n) is 9.06. The van der Waals surface area contributed by atoms with Crippen LogP contribution in [0.1, 0.15) is 24.5 Å². The van der Waals surface area contributed by atoms with Crippen LogP contribution in [0.2, 0.25) is 0 Å². The lowest BCUT2D eigenvalue weighted by molar-refractivity contribution is -0.142. The molecule has 1 aromatic heterocycles. The van der Waals surface area contributed by atoms with E-state index >= 15 is 0 Å². The molecule has 80 valence electrons. The molecular formula is C12H15NO2. The minimum Gasteiger partial charge on any atom is -0.466 e. The van der Waals surface area contributed by atoms with Gasteiger partial charge in [-0.1, -0.05) is 12.2 Å². The number of aromatic nitrogens is 1. The van der Waals surface area contributed by atoms with Crippen LogP contribution in [0.5, 0.6) is 0 Å². The second kappa shape index (κ2) is 5.96. The van der Waals surface area contributed by atoms with E-state index in [0.717, 1.165) is 11.1 Å². The van der Waals surface area contributed by atoms with Crippen LogP contribution in [0, 0.1) is 6.92 Å². The minimum absolute atomic E-state index is 0.199. The average molecular weight is 205 g/mol. The summed E-state index contributed by atoms with van der Waals surface area (Å²) in [5, 5.41) is 0. The minimum atomic E-state index is -0.199. The van der Waals surface area contributed by atoms with Gasteiger partial charge in [0, 0.05) is 12.4 Å². The van der Waals surface area contributed by atoms with E-state index in [1.807, 2.05) is 19.1 Å². The van der Waals surface area contributed by atoms with Gasteiger partial charge in [-0.15, -0.1) is 0 Å². The van der Waals surface area contributed by atoms with E-state index in [9.17, 15) is 4.79 Å². The first-order chi connectivity index (χ1) is 7.24. The van der Waals surface area contributed by atoms with Gasteiger partial charge in [0.15, 0.2) is 0 Å². The van der Waals surface area contributed by atoms with Crippen molar-refractivity contribution in [3.8, 4) is 0 Å². The van der Waals surface area contributed by atoms with Crippen LogP contribution in [-0.2, 0) is 9.53 Å². The summed E-state index contributed by atoms with van der Waals surface area (Å²) in [5.41, 5.74) is 2.17. The van der Waals surface area contributed by atoms with Gasteiger partial charge in [0.25, 0.3) is 0 Å². The van der Waals surface area contributed by atoms with Gasteiger partial charge in [-0.3, -0.25) is 9.78 Å². The van der Waals surface area contributed by atoms with Crippen LogP contribution in [0.25, 0.3) is 6.08 Å². The van der Waals surface area contributed by atoms with Crippen LogP contribution in [0.3, 0.4) is 0 Å². The number of hydrogen-bond donors (Lipinski definition) is 0. The molecule has 1 rings (SSSR count). The summed E-state index contributed by atoms with van der Waals surface area (Å²) in [6.45, 7) is 4.23. The monoisotopic (exact) mass is 205 g/mol. The molecule has 0 bridgehead atoms. The zero-order valence-corrected chi connectivity index (χ0v) is 9.06. The predicted molar refractivity (Wildman–Crippen MR) is 59.3 cm³/mol. The van der Waals surface area contributed by atoms with E-state index in [1.165, 1.54) is 0 Å². The Bertz CT molecular complexity index is 358. The van der Waals surface area contributed by atoms with Gasteiger partial charge in [-0.05, 0) is 31.0 Å². The molecule has 0 atom stereocenters. The topological polar surface area (TPSA) is 39.2 Å². The van der Waals surface area contributed by atoms with Crippen molar-refractivity contribution in [2.45, 2.75) is 20.3 Å². The summed E-state index contributed by atoms with van der Waals surface area (Å²) in [5.74, 6) is -0.199. The molecule has 1 aromatic rings. The fraction of sp³-hybridized carbons (Fsp3) is 0.333. The average Bonchev–Trinajstić information content (AvgIpc) is 2.21. The van der Waals surface area contributed by atoms with Gasteiger partial charge in [-0.25, -0.2) is 0 Å². The maximum atomic E-state index is 11.0. The van der Waals surface area contributed by atoms with Crippen molar-refractivity contribution < 1.29 is 9.53 Å². The second-order valence-corrected chi connectivity index (χ2v) is 3.14. The Morgan fingerprint density at radius 3 is 3.07 bits per heavy atom. The maximum absolute atomic E-state index is 11.0. The molecule has 0 aliphatic heterocycles. The molecule has 0 amide bonds. The van der Waals surface area contributed by atoms with E-state index in [1.54, 1.807) is 25.4 Å². The molecule has 0 aliphatic carbocycles. The Hall–Kier alpha value is -1.64. The van der Waals surface area contributed by atoms with Crippen molar-refractivity contribution in [1.29, 1.82) is 0 Å². The normalized spacial score (nSPS) is 10.5. The van der Waals surface area contributed by atoms with Crippen LogP contribution in [0.15, 0.2) is 24.5 Å². The largest absolute Gasteiger partial charge is 0.466 e. The highest BCUT2D eigenvalue weighted by Gasteiger charge is 1.97. The van der Waals surface area contributed by atoms with Gasteiger partial charge in [-0.2, -0.15) is 0 Å². The number of pyridine rings is 1. The Morgan fingerprint density at radius 2 is 2.40 bits per heavy atom.